The Morgan fingerprint density at radius 3 is 2.59 bits per heavy atom. The molecule has 3 rings (SSSR count). The number of fused-ring (bicyclic) bond motifs is 1. The van der Waals surface area contributed by atoms with Gasteiger partial charge < -0.3 is 0 Å². The lowest BCUT2D eigenvalue weighted by molar-refractivity contribution is -0.512. The first-order valence-electron chi connectivity index (χ1n) is 5.35. The van der Waals surface area contributed by atoms with Gasteiger partial charge in [0.1, 0.15) is 5.69 Å². The zero-order valence-corrected chi connectivity index (χ0v) is 9.80. The first-order chi connectivity index (χ1) is 8.34. The van der Waals surface area contributed by atoms with Crippen molar-refractivity contribution in [3.8, 4) is 11.3 Å². The highest BCUT2D eigenvalue weighted by atomic mass is 35.5. The zero-order valence-electron chi connectivity index (χ0n) is 9.05. The molecule has 2 aromatic heterocycles. The molecule has 2 heterocycles. The van der Waals surface area contributed by atoms with Crippen LogP contribution in [0.25, 0.3) is 16.8 Å². The Morgan fingerprint density at radius 2 is 1.76 bits per heavy atom. The lowest BCUT2D eigenvalue weighted by Crippen LogP contribution is -2.21. The lowest BCUT2D eigenvalue weighted by atomic mass is 10.1. The number of rotatable bonds is 1. The highest BCUT2D eigenvalue weighted by molar-refractivity contribution is 6.30. The van der Waals surface area contributed by atoms with E-state index in [0.29, 0.717) is 0 Å². The van der Waals surface area contributed by atoms with Gasteiger partial charge in [-0.1, -0.05) is 23.7 Å². The van der Waals surface area contributed by atoms with E-state index in [1.54, 1.807) is 6.20 Å². The molecule has 82 valence electrons. The molecule has 0 N–H and O–H groups in total. The second-order valence-electron chi connectivity index (χ2n) is 3.78. The summed E-state index contributed by atoms with van der Waals surface area (Å²) >= 11 is 5.89. The Bertz CT molecular complexity index is 657. The molecule has 0 amide bonds. The third-order valence-electron chi connectivity index (χ3n) is 2.68. The molecule has 0 radical (unpaired) electrons. The smallest absolute Gasteiger partial charge is 0.237 e. The van der Waals surface area contributed by atoms with E-state index in [1.165, 1.54) is 0 Å². The lowest BCUT2D eigenvalue weighted by Gasteiger charge is -2.00. The first-order valence-corrected chi connectivity index (χ1v) is 5.73. The Kier molecular flexibility index (Phi) is 2.50. The number of hydrogen-bond acceptors (Lipinski definition) is 1. The van der Waals surface area contributed by atoms with Crippen LogP contribution in [0.4, 0.5) is 0 Å². The van der Waals surface area contributed by atoms with Crippen molar-refractivity contribution in [1.29, 1.82) is 0 Å². The maximum Gasteiger partial charge on any atom is 0.237 e. The van der Waals surface area contributed by atoms with Crippen LogP contribution in [0.1, 0.15) is 0 Å². The van der Waals surface area contributed by atoms with Crippen LogP contribution in [0.15, 0.2) is 61.1 Å². The maximum atomic E-state index is 5.89. The summed E-state index contributed by atoms with van der Waals surface area (Å²) in [6.45, 7) is 0. The highest BCUT2D eigenvalue weighted by Crippen LogP contribution is 2.21. The van der Waals surface area contributed by atoms with E-state index in [9.17, 15) is 0 Å². The minimum atomic E-state index is 0.738. The molecule has 0 bridgehead atoms. The second kappa shape index (κ2) is 4.15. The van der Waals surface area contributed by atoms with Gasteiger partial charge in [-0.15, -0.1) is 0 Å². The number of halogens is 1. The Balaban J connectivity index is 2.27. The van der Waals surface area contributed by atoms with Gasteiger partial charge in [-0.2, -0.15) is 4.40 Å². The Hall–Kier alpha value is -1.93. The molecular weight excluding hydrogens is 232 g/mol. The van der Waals surface area contributed by atoms with Gasteiger partial charge in [0.2, 0.25) is 5.52 Å². The highest BCUT2D eigenvalue weighted by Gasteiger charge is 2.10. The van der Waals surface area contributed by atoms with Crippen LogP contribution in [0.5, 0.6) is 0 Å². The molecule has 0 fully saturated rings. The molecule has 0 atom stereocenters. The van der Waals surface area contributed by atoms with E-state index in [-0.39, 0.29) is 0 Å². The summed E-state index contributed by atoms with van der Waals surface area (Å²) in [5.41, 5.74) is 3.11. The quantitative estimate of drug-likeness (QED) is 0.598. The van der Waals surface area contributed by atoms with Crippen molar-refractivity contribution in [2.75, 3.05) is 0 Å². The molecule has 0 unspecified atom stereocenters. The van der Waals surface area contributed by atoms with Gasteiger partial charge in [-0.3, -0.25) is 0 Å². The SMILES string of the molecule is Clc1ccc(-c2ncc[n+]3ccccc23)cc1. The van der Waals surface area contributed by atoms with Gasteiger partial charge >= 0.3 is 0 Å². The van der Waals surface area contributed by atoms with Crippen LogP contribution < -0.4 is 4.40 Å². The van der Waals surface area contributed by atoms with Crippen molar-refractivity contribution in [2.45, 2.75) is 0 Å². The molecule has 3 heteroatoms. The second-order valence-corrected chi connectivity index (χ2v) is 4.21. The van der Waals surface area contributed by atoms with Gasteiger partial charge in [-0.05, 0) is 18.2 Å². The molecule has 17 heavy (non-hydrogen) atoms. The van der Waals surface area contributed by atoms with Crippen LogP contribution in [0.2, 0.25) is 5.02 Å². The van der Waals surface area contributed by atoms with E-state index in [0.717, 1.165) is 21.8 Å². The number of nitrogens with zero attached hydrogens (tertiary/aromatic N) is 2. The molecule has 1 aromatic carbocycles. The maximum absolute atomic E-state index is 5.89. The Morgan fingerprint density at radius 1 is 0.941 bits per heavy atom. The molecule has 0 aliphatic heterocycles. The van der Waals surface area contributed by atoms with Gasteiger partial charge in [-0.25, -0.2) is 4.98 Å². The van der Waals surface area contributed by atoms with Crippen molar-refractivity contribution >= 4 is 17.1 Å². The summed E-state index contributed by atoms with van der Waals surface area (Å²) < 4.78 is 2.05. The van der Waals surface area contributed by atoms with Crippen LogP contribution in [-0.4, -0.2) is 4.98 Å². The van der Waals surface area contributed by atoms with Crippen LogP contribution in [-0.2, 0) is 0 Å². The Labute approximate surface area is 104 Å². The summed E-state index contributed by atoms with van der Waals surface area (Å²) in [6, 6.07) is 13.8. The van der Waals surface area contributed by atoms with Crippen LogP contribution >= 0.6 is 11.6 Å². The molecule has 3 aromatic rings. The molecule has 0 saturated heterocycles. The van der Waals surface area contributed by atoms with Crippen molar-refractivity contribution in [1.82, 2.24) is 4.98 Å². The fourth-order valence-corrected chi connectivity index (χ4v) is 1.99. The normalized spacial score (nSPS) is 10.6. The summed E-state index contributed by atoms with van der Waals surface area (Å²) in [6.07, 6.45) is 5.75. The fourth-order valence-electron chi connectivity index (χ4n) is 1.86. The monoisotopic (exact) mass is 241 g/mol. The minimum absolute atomic E-state index is 0.738. The van der Waals surface area contributed by atoms with E-state index >= 15 is 0 Å². The van der Waals surface area contributed by atoms with Crippen molar-refractivity contribution < 1.29 is 4.40 Å². The summed E-state index contributed by atoms with van der Waals surface area (Å²) in [7, 11) is 0. The van der Waals surface area contributed by atoms with E-state index in [2.05, 4.69) is 15.5 Å². The first kappa shape index (κ1) is 10.2. The van der Waals surface area contributed by atoms with Gasteiger partial charge in [0.25, 0.3) is 0 Å². The van der Waals surface area contributed by atoms with E-state index < -0.39 is 0 Å². The molecular formula is C14H10ClN2+. The summed E-state index contributed by atoms with van der Waals surface area (Å²) in [4.78, 5) is 4.44. The van der Waals surface area contributed by atoms with Gasteiger partial charge in [0, 0.05) is 22.7 Å². The zero-order chi connectivity index (χ0) is 11.7. The van der Waals surface area contributed by atoms with Crippen LogP contribution in [0, 0.1) is 0 Å². The standard InChI is InChI=1S/C14H10ClN2/c15-12-6-4-11(5-7-12)14-13-3-1-2-9-17(13)10-8-16-14/h1-10H/q+1. The van der Waals surface area contributed by atoms with E-state index in [4.69, 9.17) is 11.6 Å². The van der Waals surface area contributed by atoms with Gasteiger partial charge in [0.15, 0.2) is 12.4 Å². The van der Waals surface area contributed by atoms with Crippen molar-refractivity contribution in [3.05, 3.63) is 66.1 Å². The van der Waals surface area contributed by atoms with E-state index in [1.807, 2.05) is 48.8 Å². The third kappa shape index (κ3) is 1.87. The average molecular weight is 242 g/mol. The number of pyridine rings is 1. The fraction of sp³-hybridized carbons (Fsp3) is 0. The molecule has 0 aliphatic carbocycles. The van der Waals surface area contributed by atoms with Gasteiger partial charge in [0.05, 0.1) is 6.20 Å². The summed E-state index contributed by atoms with van der Waals surface area (Å²) in [5.74, 6) is 0. The molecule has 0 saturated carbocycles. The number of benzene rings is 1. The number of hydrogen-bond donors (Lipinski definition) is 0. The van der Waals surface area contributed by atoms with Crippen LogP contribution in [0.3, 0.4) is 0 Å². The molecule has 2 nitrogen and oxygen atoms in total. The third-order valence-corrected chi connectivity index (χ3v) is 2.93. The topological polar surface area (TPSA) is 17.0 Å². The largest absolute Gasteiger partial charge is 0.243 e. The predicted octanol–water partition coefficient (Wildman–Crippen LogP) is 3.14. The minimum Gasteiger partial charge on any atom is -0.243 e. The predicted molar refractivity (Wildman–Crippen MR) is 67.8 cm³/mol. The summed E-state index contributed by atoms with van der Waals surface area (Å²) in [5, 5.41) is 0.738. The number of aromatic nitrogens is 2. The molecule has 0 aliphatic rings. The van der Waals surface area contributed by atoms with Crippen molar-refractivity contribution in [2.24, 2.45) is 0 Å². The van der Waals surface area contributed by atoms with Crippen molar-refractivity contribution in [3.63, 3.8) is 0 Å². The average Bonchev–Trinajstić information content (AvgIpc) is 2.39. The molecule has 0 spiro atoms.